The zero-order chi connectivity index (χ0) is 28.0. The molecule has 2 N–H and O–H groups in total. The first-order chi connectivity index (χ1) is 18.6. The van der Waals surface area contributed by atoms with Crippen LogP contribution in [-0.4, -0.2) is 46.2 Å². The molecule has 0 spiro atoms. The van der Waals surface area contributed by atoms with Crippen LogP contribution in [0.2, 0.25) is 0 Å². The number of thiazole rings is 1. The lowest BCUT2D eigenvalue weighted by molar-refractivity contribution is -0.143. The van der Waals surface area contributed by atoms with Crippen LogP contribution in [0.1, 0.15) is 56.9 Å². The topological polar surface area (TPSA) is 91.4 Å². The van der Waals surface area contributed by atoms with E-state index >= 15 is 0 Å². The van der Waals surface area contributed by atoms with E-state index in [9.17, 15) is 14.4 Å². The Kier molecular flexibility index (Phi) is 9.17. The number of rotatable bonds is 9. The summed E-state index contributed by atoms with van der Waals surface area (Å²) in [6.45, 7) is 8.71. The number of hydrogen-bond donors (Lipinski definition) is 2. The first-order valence-corrected chi connectivity index (χ1v) is 14.4. The van der Waals surface area contributed by atoms with Gasteiger partial charge in [-0.3, -0.25) is 14.4 Å². The van der Waals surface area contributed by atoms with E-state index in [1.165, 1.54) is 0 Å². The predicted molar refractivity (Wildman–Crippen MR) is 155 cm³/mol. The predicted octanol–water partition coefficient (Wildman–Crippen LogP) is 4.89. The molecule has 1 aliphatic rings. The maximum Gasteiger partial charge on any atom is 0.246 e. The Hall–Kier alpha value is -3.52. The number of carbonyl (C=O) groups is 3. The number of nitrogens with zero attached hydrogens (tertiary/aromatic N) is 2. The van der Waals surface area contributed by atoms with E-state index in [0.29, 0.717) is 32.4 Å². The van der Waals surface area contributed by atoms with Crippen molar-refractivity contribution in [3.05, 3.63) is 76.9 Å². The maximum absolute atomic E-state index is 13.7. The van der Waals surface area contributed by atoms with Crippen molar-refractivity contribution in [2.24, 2.45) is 5.41 Å². The quantitative estimate of drug-likeness (QED) is 0.400. The third-order valence-electron chi connectivity index (χ3n) is 7.17. The fourth-order valence-corrected chi connectivity index (χ4v) is 5.72. The average Bonchev–Trinajstić information content (AvgIpc) is 3.58. The Labute approximate surface area is 235 Å². The summed E-state index contributed by atoms with van der Waals surface area (Å²) >= 11 is 1.61. The largest absolute Gasteiger partial charge is 0.350 e. The number of aryl methyl sites for hydroxylation is 2. The van der Waals surface area contributed by atoms with Gasteiger partial charge in [0, 0.05) is 19.5 Å². The second-order valence-corrected chi connectivity index (χ2v) is 12.1. The fourth-order valence-electron chi connectivity index (χ4n) is 4.91. The van der Waals surface area contributed by atoms with Gasteiger partial charge in [-0.15, -0.1) is 11.3 Å². The number of nitrogens with one attached hydrogen (secondary N) is 2. The van der Waals surface area contributed by atoms with Crippen LogP contribution >= 0.6 is 11.3 Å². The molecule has 3 amide bonds. The molecule has 39 heavy (non-hydrogen) atoms. The van der Waals surface area contributed by atoms with Gasteiger partial charge < -0.3 is 15.5 Å². The van der Waals surface area contributed by atoms with Crippen LogP contribution in [0.15, 0.2) is 60.1 Å². The van der Waals surface area contributed by atoms with Crippen molar-refractivity contribution in [2.75, 3.05) is 6.54 Å². The zero-order valence-electron chi connectivity index (χ0n) is 23.2. The number of amides is 3. The third-order valence-corrected chi connectivity index (χ3v) is 8.15. The van der Waals surface area contributed by atoms with Gasteiger partial charge in [-0.2, -0.15) is 0 Å². The molecule has 0 aliphatic carbocycles. The maximum atomic E-state index is 13.7. The Balaban J connectivity index is 1.35. The summed E-state index contributed by atoms with van der Waals surface area (Å²) in [6, 6.07) is 16.7. The van der Waals surface area contributed by atoms with E-state index in [-0.39, 0.29) is 17.7 Å². The van der Waals surface area contributed by atoms with Crippen LogP contribution < -0.4 is 10.6 Å². The molecule has 1 saturated heterocycles. The van der Waals surface area contributed by atoms with Gasteiger partial charge in [0.15, 0.2) is 0 Å². The third kappa shape index (κ3) is 7.32. The van der Waals surface area contributed by atoms with Crippen molar-refractivity contribution in [3.63, 3.8) is 0 Å². The van der Waals surface area contributed by atoms with Gasteiger partial charge in [0.2, 0.25) is 17.7 Å². The fraction of sp³-hybridized carbons (Fsp3) is 0.419. The van der Waals surface area contributed by atoms with Crippen molar-refractivity contribution < 1.29 is 14.4 Å². The van der Waals surface area contributed by atoms with E-state index in [1.807, 2.05) is 87.8 Å². The Bertz CT molecular complexity index is 1280. The molecule has 2 atom stereocenters. The summed E-state index contributed by atoms with van der Waals surface area (Å²) in [5.74, 6) is -0.520. The minimum atomic E-state index is -0.711. The summed E-state index contributed by atoms with van der Waals surface area (Å²) in [5, 5.41) is 5.99. The minimum absolute atomic E-state index is 0.161. The van der Waals surface area contributed by atoms with Crippen LogP contribution in [0.25, 0.3) is 10.4 Å². The second-order valence-electron chi connectivity index (χ2n) is 11.2. The molecule has 0 bridgehead atoms. The van der Waals surface area contributed by atoms with Crippen molar-refractivity contribution in [3.8, 4) is 10.4 Å². The molecule has 206 valence electrons. The van der Waals surface area contributed by atoms with Crippen LogP contribution in [0, 0.1) is 12.3 Å². The Morgan fingerprint density at radius 1 is 1.05 bits per heavy atom. The lowest BCUT2D eigenvalue weighted by Gasteiger charge is -2.35. The first kappa shape index (κ1) is 28.5. The van der Waals surface area contributed by atoms with Crippen LogP contribution in [0.4, 0.5) is 0 Å². The van der Waals surface area contributed by atoms with Gasteiger partial charge in [-0.05, 0) is 48.3 Å². The number of carbonyl (C=O) groups excluding carboxylic acids is 3. The van der Waals surface area contributed by atoms with E-state index < -0.39 is 17.5 Å². The normalized spacial score (nSPS) is 16.1. The highest BCUT2D eigenvalue weighted by molar-refractivity contribution is 7.13. The number of likely N-dealkylation sites (tertiary alicyclic amines) is 1. The molecule has 1 unspecified atom stereocenters. The van der Waals surface area contributed by atoms with Crippen LogP contribution in [-0.2, 0) is 27.3 Å². The van der Waals surface area contributed by atoms with Gasteiger partial charge in [-0.25, -0.2) is 4.98 Å². The molecular weight excluding hydrogens is 508 g/mol. The zero-order valence-corrected chi connectivity index (χ0v) is 24.0. The van der Waals surface area contributed by atoms with E-state index in [1.54, 1.807) is 16.2 Å². The lowest BCUT2D eigenvalue weighted by Crippen LogP contribution is -2.57. The van der Waals surface area contributed by atoms with Crippen molar-refractivity contribution >= 4 is 29.1 Å². The monoisotopic (exact) mass is 546 g/mol. The second kappa shape index (κ2) is 12.6. The molecule has 0 saturated carbocycles. The molecule has 3 aromatic rings. The highest BCUT2D eigenvalue weighted by Gasteiger charge is 2.41. The molecule has 1 aliphatic heterocycles. The lowest BCUT2D eigenvalue weighted by atomic mass is 9.85. The number of hydrogen-bond acceptors (Lipinski definition) is 5. The van der Waals surface area contributed by atoms with Gasteiger partial charge in [0.1, 0.15) is 12.1 Å². The van der Waals surface area contributed by atoms with Gasteiger partial charge >= 0.3 is 0 Å². The SMILES string of the molecule is Cc1ncsc1-c1ccc(CNC(=O)[C@@H]2CCCN2C(=O)C(NC(=O)CCc2ccccc2)C(C)(C)C)cc1. The highest BCUT2D eigenvalue weighted by atomic mass is 32.1. The highest BCUT2D eigenvalue weighted by Crippen LogP contribution is 2.28. The summed E-state index contributed by atoms with van der Waals surface area (Å²) in [4.78, 5) is 46.8. The molecule has 8 heteroatoms. The van der Waals surface area contributed by atoms with E-state index in [2.05, 4.69) is 15.6 Å². The average molecular weight is 547 g/mol. The molecule has 0 radical (unpaired) electrons. The summed E-state index contributed by atoms with van der Waals surface area (Å²) in [7, 11) is 0. The Morgan fingerprint density at radius 2 is 1.77 bits per heavy atom. The van der Waals surface area contributed by atoms with E-state index in [0.717, 1.165) is 33.7 Å². The van der Waals surface area contributed by atoms with Gasteiger partial charge in [0.25, 0.3) is 0 Å². The van der Waals surface area contributed by atoms with Crippen molar-refractivity contribution in [1.82, 2.24) is 20.5 Å². The molecule has 1 aromatic heterocycles. The number of benzene rings is 2. The van der Waals surface area contributed by atoms with E-state index in [4.69, 9.17) is 0 Å². The van der Waals surface area contributed by atoms with Crippen LogP contribution in [0.5, 0.6) is 0 Å². The summed E-state index contributed by atoms with van der Waals surface area (Å²) in [6.07, 6.45) is 2.28. The van der Waals surface area contributed by atoms with Crippen molar-refractivity contribution in [2.45, 2.75) is 72.0 Å². The molecule has 1 fully saturated rings. The smallest absolute Gasteiger partial charge is 0.246 e. The number of aromatic nitrogens is 1. The molecular formula is C31H38N4O3S. The molecule has 2 heterocycles. The van der Waals surface area contributed by atoms with Gasteiger partial charge in [0.05, 0.1) is 16.1 Å². The minimum Gasteiger partial charge on any atom is -0.350 e. The van der Waals surface area contributed by atoms with Gasteiger partial charge in [-0.1, -0.05) is 75.4 Å². The summed E-state index contributed by atoms with van der Waals surface area (Å²) in [5.41, 5.74) is 5.53. The Morgan fingerprint density at radius 3 is 2.41 bits per heavy atom. The molecule has 2 aromatic carbocycles. The van der Waals surface area contributed by atoms with Crippen molar-refractivity contribution in [1.29, 1.82) is 0 Å². The molecule has 7 nitrogen and oxygen atoms in total. The summed E-state index contributed by atoms with van der Waals surface area (Å²) < 4.78 is 0. The first-order valence-electron chi connectivity index (χ1n) is 13.5. The molecule has 4 rings (SSSR count). The standard InChI is InChI=1S/C31H38N4O3S/c1-21-27(39-20-33-21)24-15-12-23(13-16-24)19-32-29(37)25-11-8-18-35(25)30(38)28(31(2,3)4)34-26(36)17-14-22-9-6-5-7-10-22/h5-7,9-10,12-13,15-16,20,25,28H,8,11,14,17-19H2,1-4H3,(H,32,37)(H,34,36)/t25-,28?/m0/s1. The van der Waals surface area contributed by atoms with Crippen LogP contribution in [0.3, 0.4) is 0 Å².